The lowest BCUT2D eigenvalue weighted by Gasteiger charge is -0.413. The molecule has 0 heterocycles. The van der Waals surface area contributed by atoms with E-state index >= 15 is 0 Å². The SMILES string of the molecule is Cl.N.O.O.O.O.O.O.[MgH2]. The molecule has 0 aliphatic carbocycles. The molecule has 0 radical (unpaired) electrons. The summed E-state index contributed by atoms with van der Waals surface area (Å²) in [5, 5.41) is 0. The molecular weight excluding hydrogens is 170 g/mol. The fourth-order valence-corrected chi connectivity index (χ4v) is 0. The van der Waals surface area contributed by atoms with E-state index in [0.717, 1.165) is 0 Å². The Hall–Kier alpha value is 0.776. The van der Waals surface area contributed by atoms with Crippen LogP contribution in [0.2, 0.25) is 0 Å². The highest BCUT2D eigenvalue weighted by Crippen LogP contribution is 0.690. The number of hydrogen-bond donors (Lipinski definition) is 1. The number of hydrogen-bond acceptors (Lipinski definition) is 1. The molecule has 0 spiro atoms. The molecule has 0 fully saturated rings. The molecule has 0 saturated carbocycles. The van der Waals surface area contributed by atoms with E-state index in [0.29, 0.717) is 0 Å². The zero-order valence-corrected chi connectivity index (χ0v) is 4.93. The third-order valence-electron chi connectivity index (χ3n) is 0. The van der Waals surface area contributed by atoms with Crippen LogP contribution in [0.25, 0.3) is 0 Å². The van der Waals surface area contributed by atoms with Gasteiger partial charge in [-0.05, 0) is 0 Å². The lowest BCUT2D eigenvalue weighted by Crippen LogP contribution is -0.481. The summed E-state index contributed by atoms with van der Waals surface area (Å²) in [6, 6.07) is 0. The summed E-state index contributed by atoms with van der Waals surface area (Å²) < 4.78 is 0. The predicted molar refractivity (Wildman–Crippen MR) is 42.5 cm³/mol. The molecular formula is H18ClMgNO6. The average Bonchev–Trinajstić information content (AvgIpc) is 0. The van der Waals surface area contributed by atoms with Crippen molar-refractivity contribution in [3.63, 3.8) is 0 Å². The van der Waals surface area contributed by atoms with E-state index in [9.17, 15) is 0 Å². The van der Waals surface area contributed by atoms with Crippen molar-refractivity contribution in [3.05, 3.63) is 0 Å². The highest BCUT2D eigenvalue weighted by Gasteiger charge is 0.316. The van der Waals surface area contributed by atoms with E-state index in [4.69, 9.17) is 0 Å². The maximum Gasteiger partial charge on any atom is 0.316 e. The van der Waals surface area contributed by atoms with Crippen molar-refractivity contribution in [2.24, 2.45) is 0 Å². The minimum atomic E-state index is 0. The van der Waals surface area contributed by atoms with Crippen LogP contribution < -0.4 is 6.15 Å². The highest BCUT2D eigenvalue weighted by atomic mass is 35.5. The van der Waals surface area contributed by atoms with Gasteiger partial charge in [-0.1, -0.05) is 0 Å². The van der Waals surface area contributed by atoms with Crippen LogP contribution in [-0.2, 0) is 0 Å². The van der Waals surface area contributed by atoms with Gasteiger partial charge in [0.15, 0.2) is 0 Å². The van der Waals surface area contributed by atoms with Crippen molar-refractivity contribution < 1.29 is 32.9 Å². The topological polar surface area (TPSA) is 224 Å². The van der Waals surface area contributed by atoms with Gasteiger partial charge in [0.25, 0.3) is 0 Å². The maximum absolute atomic E-state index is 0. The summed E-state index contributed by atoms with van der Waals surface area (Å²) in [4.78, 5) is 0. The van der Waals surface area contributed by atoms with Gasteiger partial charge in [-0.15, -0.1) is 12.4 Å². The van der Waals surface area contributed by atoms with Crippen molar-refractivity contribution in [2.75, 3.05) is 0 Å². The fourth-order valence-electron chi connectivity index (χ4n) is 0. The summed E-state index contributed by atoms with van der Waals surface area (Å²) in [5.41, 5.74) is 0. The smallest absolute Gasteiger partial charge is 0.316 e. The molecule has 0 aromatic carbocycles. The van der Waals surface area contributed by atoms with Crippen molar-refractivity contribution in [3.8, 4) is 0 Å². The van der Waals surface area contributed by atoms with Crippen molar-refractivity contribution >= 4 is 35.5 Å². The Labute approximate surface area is 74.8 Å². The van der Waals surface area contributed by atoms with Gasteiger partial charge in [0.2, 0.25) is 0 Å². The van der Waals surface area contributed by atoms with E-state index in [1.807, 2.05) is 0 Å². The van der Waals surface area contributed by atoms with E-state index in [2.05, 4.69) is 0 Å². The monoisotopic (exact) mass is 187 g/mol. The molecule has 9 heavy (non-hydrogen) atoms. The van der Waals surface area contributed by atoms with Crippen LogP contribution in [0.5, 0.6) is 0 Å². The molecule has 0 aliphatic heterocycles. The van der Waals surface area contributed by atoms with Crippen molar-refractivity contribution in [2.45, 2.75) is 0 Å². The van der Waals surface area contributed by atoms with Gasteiger partial charge in [-0.2, -0.15) is 0 Å². The van der Waals surface area contributed by atoms with Crippen LogP contribution in [0.15, 0.2) is 0 Å². The second kappa shape index (κ2) is 881. The largest absolute Gasteiger partial charge is 0.412 e. The van der Waals surface area contributed by atoms with Gasteiger partial charge >= 0.3 is 23.1 Å². The van der Waals surface area contributed by atoms with Gasteiger partial charge in [0, 0.05) is 0 Å². The Morgan fingerprint density at radius 2 is 0.444 bits per heavy atom. The van der Waals surface area contributed by atoms with Crippen LogP contribution in [0, 0.1) is 0 Å². The van der Waals surface area contributed by atoms with Crippen molar-refractivity contribution in [1.29, 1.82) is 0 Å². The zero-order chi connectivity index (χ0) is 0. The summed E-state index contributed by atoms with van der Waals surface area (Å²) in [5.74, 6) is 0. The second-order valence-corrected chi connectivity index (χ2v) is 0. The van der Waals surface area contributed by atoms with Crippen LogP contribution in [-0.4, -0.2) is 55.9 Å². The minimum absolute atomic E-state index is 0. The first kappa shape index (κ1) is 1250. The summed E-state index contributed by atoms with van der Waals surface area (Å²) in [7, 11) is 0. The third-order valence-corrected chi connectivity index (χ3v) is 0. The number of rotatable bonds is 0. The Morgan fingerprint density at radius 3 is 0.444 bits per heavy atom. The Kier molecular flexibility index (Phi) is 122000. The quantitative estimate of drug-likeness (QED) is 0.360. The van der Waals surface area contributed by atoms with Crippen molar-refractivity contribution in [1.82, 2.24) is 6.15 Å². The highest BCUT2D eigenvalue weighted by molar-refractivity contribution is 5.85. The first-order valence-electron chi connectivity index (χ1n) is 0. The van der Waals surface area contributed by atoms with Gasteiger partial charge in [-0.25, -0.2) is 0 Å². The molecule has 0 aliphatic rings. The zero-order valence-electron chi connectivity index (χ0n) is 4.12. The van der Waals surface area contributed by atoms with Gasteiger partial charge in [-0.3, -0.25) is 0 Å². The first-order chi connectivity index (χ1) is 0. The molecule has 0 unspecified atom stereocenters. The van der Waals surface area contributed by atoms with E-state index in [1.165, 1.54) is 0 Å². The molecule has 15 N–H and O–H groups in total. The normalized spacial score (nSPS) is 0. The van der Waals surface area contributed by atoms with Crippen LogP contribution in [0.4, 0.5) is 0 Å². The molecule has 0 aromatic heterocycles. The molecule has 0 bridgehead atoms. The lowest BCUT2D eigenvalue weighted by atomic mass is 14.0. The molecule has 0 atom stereocenters. The van der Waals surface area contributed by atoms with E-state index in [1.54, 1.807) is 0 Å². The first-order valence-corrected chi connectivity index (χ1v) is 0. The predicted octanol–water partition coefficient (Wildman–Crippen LogP) is -5.28. The van der Waals surface area contributed by atoms with E-state index in [-0.39, 0.29) is 74.5 Å². The molecule has 0 rings (SSSR count). The summed E-state index contributed by atoms with van der Waals surface area (Å²) in [6.45, 7) is 0. The molecule has 0 saturated heterocycles. The van der Waals surface area contributed by atoms with Gasteiger partial charge in [0.05, 0.1) is 0 Å². The second-order valence-electron chi connectivity index (χ2n) is 0. The fraction of sp³-hybridized carbons (Fsp3) is 0. The summed E-state index contributed by atoms with van der Waals surface area (Å²) >= 11 is 0. The Morgan fingerprint density at radius 1 is 0.444 bits per heavy atom. The Balaban J connectivity index is 0. The number of halogens is 1. The van der Waals surface area contributed by atoms with Crippen LogP contribution >= 0.6 is 12.4 Å². The minimum Gasteiger partial charge on any atom is -0.412 e. The lowest BCUT2D eigenvalue weighted by molar-refractivity contribution is 0.823. The van der Waals surface area contributed by atoms with Crippen LogP contribution in [0.3, 0.4) is 0 Å². The third kappa shape index (κ3) is 669. The molecule has 7 nitrogen and oxygen atoms in total. The van der Waals surface area contributed by atoms with Gasteiger partial charge < -0.3 is 39.0 Å². The van der Waals surface area contributed by atoms with Gasteiger partial charge in [0.1, 0.15) is 0 Å². The molecule has 0 aromatic rings. The molecule has 0 amide bonds. The maximum atomic E-state index is 0. The Bertz CT molecular complexity index is 13.0. The standard InChI is InChI=1S/ClH.Mg.H3N.6H2O.2H/h1H;;1H3;6*1H2;;. The average molecular weight is 188 g/mol. The molecule has 68 valence electrons. The summed E-state index contributed by atoms with van der Waals surface area (Å²) in [6.07, 6.45) is 0. The molecule has 9 heteroatoms. The van der Waals surface area contributed by atoms with E-state index < -0.39 is 0 Å². The van der Waals surface area contributed by atoms with Crippen LogP contribution in [0.1, 0.15) is 0 Å².